The van der Waals surface area contributed by atoms with Crippen molar-refractivity contribution in [2.24, 2.45) is 5.14 Å². The number of carboxylic acids is 1. The van der Waals surface area contributed by atoms with Crippen molar-refractivity contribution >= 4 is 27.6 Å². The fourth-order valence-corrected chi connectivity index (χ4v) is 2.32. The Kier molecular flexibility index (Phi) is 3.03. The van der Waals surface area contributed by atoms with Gasteiger partial charge in [0.25, 0.3) is 0 Å². The molecule has 1 rings (SSSR count). The van der Waals surface area contributed by atoms with Crippen LogP contribution in [0.15, 0.2) is 17.0 Å². The third-order valence-electron chi connectivity index (χ3n) is 1.72. The molecular weight excluding hydrogens is 242 g/mol. The molecule has 82 valence electrons. The van der Waals surface area contributed by atoms with Crippen LogP contribution in [0.5, 0.6) is 0 Å². The molecular formula is C8H8ClNO4S. The Morgan fingerprint density at radius 3 is 2.40 bits per heavy atom. The van der Waals surface area contributed by atoms with Gasteiger partial charge in [0, 0.05) is 0 Å². The lowest BCUT2D eigenvalue weighted by Crippen LogP contribution is -2.14. The minimum atomic E-state index is -4.01. The first-order valence-electron chi connectivity index (χ1n) is 3.79. The third kappa shape index (κ3) is 2.47. The predicted octanol–water partition coefficient (Wildman–Crippen LogP) is 0.994. The second-order valence-corrected chi connectivity index (χ2v) is 4.88. The van der Waals surface area contributed by atoms with Gasteiger partial charge in [-0.2, -0.15) is 0 Å². The number of carbonyl (C=O) groups is 1. The number of primary sulfonamides is 1. The number of halogens is 1. The number of aryl methyl sites for hydroxylation is 1. The van der Waals surface area contributed by atoms with Gasteiger partial charge in [-0.25, -0.2) is 18.4 Å². The first-order valence-corrected chi connectivity index (χ1v) is 5.72. The molecule has 5 nitrogen and oxygen atoms in total. The number of rotatable bonds is 2. The van der Waals surface area contributed by atoms with E-state index < -0.39 is 16.0 Å². The minimum Gasteiger partial charge on any atom is -0.478 e. The lowest BCUT2D eigenvalue weighted by Gasteiger charge is -2.06. The van der Waals surface area contributed by atoms with Gasteiger partial charge in [-0.05, 0) is 24.6 Å². The van der Waals surface area contributed by atoms with Crippen molar-refractivity contribution < 1.29 is 18.3 Å². The molecule has 0 aliphatic carbocycles. The van der Waals surface area contributed by atoms with E-state index in [1.807, 2.05) is 0 Å². The molecule has 0 saturated heterocycles. The van der Waals surface area contributed by atoms with Crippen LogP contribution in [-0.4, -0.2) is 19.5 Å². The summed E-state index contributed by atoms with van der Waals surface area (Å²) in [4.78, 5) is 10.4. The predicted molar refractivity (Wildman–Crippen MR) is 54.5 cm³/mol. The van der Waals surface area contributed by atoms with Crippen LogP contribution in [0.4, 0.5) is 0 Å². The number of sulfonamides is 1. The molecule has 0 fully saturated rings. The van der Waals surface area contributed by atoms with Gasteiger partial charge < -0.3 is 5.11 Å². The maximum atomic E-state index is 11.1. The number of benzene rings is 1. The van der Waals surface area contributed by atoms with E-state index in [1.165, 1.54) is 12.1 Å². The summed E-state index contributed by atoms with van der Waals surface area (Å²) in [6.45, 7) is 1.55. The maximum absolute atomic E-state index is 11.1. The lowest BCUT2D eigenvalue weighted by atomic mass is 10.1. The van der Waals surface area contributed by atoms with Crippen LogP contribution in [-0.2, 0) is 10.0 Å². The second-order valence-electron chi connectivity index (χ2n) is 2.97. The number of hydrogen-bond acceptors (Lipinski definition) is 3. The highest BCUT2D eigenvalue weighted by Crippen LogP contribution is 2.26. The molecule has 7 heteroatoms. The van der Waals surface area contributed by atoms with Gasteiger partial charge in [0.05, 0.1) is 10.6 Å². The number of hydrogen-bond donors (Lipinski definition) is 2. The quantitative estimate of drug-likeness (QED) is 0.817. The van der Waals surface area contributed by atoms with Gasteiger partial charge in [0.1, 0.15) is 4.90 Å². The highest BCUT2D eigenvalue weighted by atomic mass is 35.5. The summed E-state index contributed by atoms with van der Waals surface area (Å²) in [7, 11) is -4.01. The molecule has 0 heterocycles. The van der Waals surface area contributed by atoms with E-state index in [4.69, 9.17) is 21.8 Å². The van der Waals surface area contributed by atoms with Crippen LogP contribution in [0.1, 0.15) is 15.9 Å². The molecule has 0 aliphatic rings. The molecule has 0 aliphatic heterocycles. The molecule has 0 spiro atoms. The van der Waals surface area contributed by atoms with E-state index in [2.05, 4.69) is 0 Å². The Labute approximate surface area is 91.5 Å². The van der Waals surface area contributed by atoms with E-state index in [0.29, 0.717) is 5.56 Å². The Morgan fingerprint density at radius 1 is 1.47 bits per heavy atom. The fraction of sp³-hybridized carbons (Fsp3) is 0.125. The van der Waals surface area contributed by atoms with Gasteiger partial charge in [0.2, 0.25) is 10.0 Å². The van der Waals surface area contributed by atoms with Gasteiger partial charge in [-0.1, -0.05) is 11.6 Å². The summed E-state index contributed by atoms with van der Waals surface area (Å²) < 4.78 is 22.2. The first kappa shape index (κ1) is 12.0. The Bertz CT molecular complexity index is 524. The van der Waals surface area contributed by atoms with Crippen LogP contribution in [0.2, 0.25) is 5.02 Å². The zero-order valence-electron chi connectivity index (χ0n) is 7.69. The van der Waals surface area contributed by atoms with Crippen molar-refractivity contribution in [2.45, 2.75) is 11.8 Å². The van der Waals surface area contributed by atoms with Crippen LogP contribution in [0.3, 0.4) is 0 Å². The average molecular weight is 250 g/mol. The monoisotopic (exact) mass is 249 g/mol. The molecule has 0 saturated carbocycles. The number of aromatic carboxylic acids is 1. The van der Waals surface area contributed by atoms with E-state index in [0.717, 1.165) is 0 Å². The molecule has 0 radical (unpaired) electrons. The topological polar surface area (TPSA) is 97.5 Å². The smallest absolute Gasteiger partial charge is 0.337 e. The largest absolute Gasteiger partial charge is 0.478 e. The van der Waals surface area contributed by atoms with Crippen LogP contribution in [0.25, 0.3) is 0 Å². The lowest BCUT2D eigenvalue weighted by molar-refractivity contribution is 0.0696. The van der Waals surface area contributed by atoms with Crippen molar-refractivity contribution in [1.82, 2.24) is 0 Å². The van der Waals surface area contributed by atoms with Crippen molar-refractivity contribution in [3.63, 3.8) is 0 Å². The summed E-state index contributed by atoms with van der Waals surface area (Å²) in [6.07, 6.45) is 0. The molecule has 1 aromatic rings. The van der Waals surface area contributed by atoms with Crippen LogP contribution >= 0.6 is 11.6 Å². The van der Waals surface area contributed by atoms with Crippen molar-refractivity contribution in [1.29, 1.82) is 0 Å². The Balaban J connectivity index is 3.63. The molecule has 0 aromatic heterocycles. The third-order valence-corrected chi connectivity index (χ3v) is 3.17. The van der Waals surface area contributed by atoms with Gasteiger partial charge >= 0.3 is 5.97 Å². The second kappa shape index (κ2) is 3.80. The van der Waals surface area contributed by atoms with Crippen LogP contribution < -0.4 is 5.14 Å². The summed E-state index contributed by atoms with van der Waals surface area (Å²) in [5.41, 5.74) is 0.182. The molecule has 0 amide bonds. The molecule has 1 aromatic carbocycles. The van der Waals surface area contributed by atoms with Gasteiger partial charge in [-0.15, -0.1) is 0 Å². The summed E-state index contributed by atoms with van der Waals surface area (Å²) in [5.74, 6) is -1.30. The van der Waals surface area contributed by atoms with Gasteiger partial charge in [-0.3, -0.25) is 0 Å². The van der Waals surface area contributed by atoms with E-state index in [9.17, 15) is 13.2 Å². The highest BCUT2D eigenvalue weighted by molar-refractivity contribution is 7.89. The fourth-order valence-electron chi connectivity index (χ4n) is 1.10. The normalized spacial score (nSPS) is 11.4. The first-order chi connectivity index (χ1) is 6.73. The standard InChI is InChI=1S/C8H8ClNO4S/c1-4-2-5(8(11)12)7(9)6(3-4)15(10,13)14/h2-3H,1H3,(H,11,12)(H2,10,13,14). The Hall–Kier alpha value is -1.11. The molecule has 3 N–H and O–H groups in total. The van der Waals surface area contributed by atoms with E-state index >= 15 is 0 Å². The number of carboxylic acid groups (broad SMARTS) is 1. The highest BCUT2D eigenvalue weighted by Gasteiger charge is 2.19. The molecule has 0 unspecified atom stereocenters. The van der Waals surface area contributed by atoms with Crippen molar-refractivity contribution in [3.8, 4) is 0 Å². The maximum Gasteiger partial charge on any atom is 0.337 e. The van der Waals surface area contributed by atoms with E-state index in [1.54, 1.807) is 6.92 Å². The average Bonchev–Trinajstić information content (AvgIpc) is 2.06. The van der Waals surface area contributed by atoms with E-state index in [-0.39, 0.29) is 15.5 Å². The molecule has 0 bridgehead atoms. The zero-order valence-corrected chi connectivity index (χ0v) is 9.26. The van der Waals surface area contributed by atoms with Crippen molar-refractivity contribution in [3.05, 3.63) is 28.3 Å². The molecule has 15 heavy (non-hydrogen) atoms. The van der Waals surface area contributed by atoms with Crippen LogP contribution in [0, 0.1) is 6.92 Å². The SMILES string of the molecule is Cc1cc(C(=O)O)c(Cl)c(S(N)(=O)=O)c1. The summed E-state index contributed by atoms with van der Waals surface area (Å²) >= 11 is 5.62. The summed E-state index contributed by atoms with van der Waals surface area (Å²) in [5, 5.41) is 13.3. The number of nitrogens with two attached hydrogens (primary N) is 1. The van der Waals surface area contributed by atoms with Gasteiger partial charge in [0.15, 0.2) is 0 Å². The minimum absolute atomic E-state index is 0.277. The summed E-state index contributed by atoms with van der Waals surface area (Å²) in [6, 6.07) is 2.50. The van der Waals surface area contributed by atoms with Crippen molar-refractivity contribution in [2.75, 3.05) is 0 Å². The Morgan fingerprint density at radius 2 is 2.00 bits per heavy atom. The molecule has 0 atom stereocenters. The zero-order chi connectivity index (χ0) is 11.8.